The van der Waals surface area contributed by atoms with Crippen LogP contribution in [0.4, 0.5) is 10.3 Å². The summed E-state index contributed by atoms with van der Waals surface area (Å²) < 4.78 is 18.6. The molecule has 0 atom stereocenters. The Morgan fingerprint density at radius 3 is 2.76 bits per heavy atom. The Hall–Kier alpha value is -2.28. The van der Waals surface area contributed by atoms with Gasteiger partial charge in [-0.3, -0.25) is 10.4 Å². The molecule has 0 aliphatic rings. The summed E-state index contributed by atoms with van der Waals surface area (Å²) in [5.41, 5.74) is 3.04. The van der Waals surface area contributed by atoms with Crippen molar-refractivity contribution in [2.75, 3.05) is 5.43 Å². The molecular formula is C10H10FN5O. The fourth-order valence-corrected chi connectivity index (χ4v) is 1.12. The van der Waals surface area contributed by atoms with Crippen molar-refractivity contribution in [2.45, 2.75) is 6.92 Å². The maximum absolute atomic E-state index is 13.3. The molecule has 0 radical (unpaired) electrons. The zero-order valence-corrected chi connectivity index (χ0v) is 9.01. The van der Waals surface area contributed by atoms with Crippen LogP contribution in [0.2, 0.25) is 0 Å². The first-order chi connectivity index (χ1) is 8.19. The number of nitrogens with one attached hydrogen (secondary N) is 1. The molecule has 0 aliphatic heterocycles. The summed E-state index contributed by atoms with van der Waals surface area (Å²) >= 11 is 0. The topological polar surface area (TPSA) is 86.0 Å². The van der Waals surface area contributed by atoms with Gasteiger partial charge in [0, 0.05) is 5.69 Å². The van der Waals surface area contributed by atoms with Gasteiger partial charge >= 0.3 is 0 Å². The van der Waals surface area contributed by atoms with Crippen molar-refractivity contribution in [2.24, 2.45) is 5.84 Å². The molecule has 2 rings (SSSR count). The number of hydrogen-bond donors (Lipinski definition) is 2. The van der Waals surface area contributed by atoms with Crippen molar-refractivity contribution in [1.29, 1.82) is 0 Å². The number of anilines is 1. The van der Waals surface area contributed by atoms with E-state index in [1.807, 2.05) is 6.92 Å². The van der Waals surface area contributed by atoms with E-state index < -0.39 is 5.82 Å². The van der Waals surface area contributed by atoms with Gasteiger partial charge in [0.25, 0.3) is 5.88 Å². The van der Waals surface area contributed by atoms with Gasteiger partial charge in [0.1, 0.15) is 5.75 Å². The predicted octanol–water partition coefficient (Wildman–Crippen LogP) is 1.40. The molecular weight excluding hydrogens is 225 g/mol. The van der Waals surface area contributed by atoms with Crippen molar-refractivity contribution < 1.29 is 9.13 Å². The van der Waals surface area contributed by atoms with E-state index in [2.05, 4.69) is 20.4 Å². The Bertz CT molecular complexity index is 517. The summed E-state index contributed by atoms with van der Waals surface area (Å²) in [7, 11) is 0. The lowest BCUT2D eigenvalue weighted by Crippen LogP contribution is -2.11. The van der Waals surface area contributed by atoms with Crippen molar-refractivity contribution in [3.8, 4) is 11.6 Å². The van der Waals surface area contributed by atoms with Gasteiger partial charge in [-0.25, -0.2) is 10.8 Å². The highest BCUT2D eigenvalue weighted by Crippen LogP contribution is 2.21. The quantitative estimate of drug-likeness (QED) is 0.617. The Balaban J connectivity index is 2.25. The molecule has 7 heteroatoms. The second-order valence-electron chi connectivity index (χ2n) is 3.23. The lowest BCUT2D eigenvalue weighted by molar-refractivity contribution is 0.419. The minimum absolute atomic E-state index is 0.0708. The highest BCUT2D eigenvalue weighted by Gasteiger charge is 2.09. The Morgan fingerprint density at radius 1 is 1.29 bits per heavy atom. The summed E-state index contributed by atoms with van der Waals surface area (Å²) in [5.74, 6) is 4.69. The Kier molecular flexibility index (Phi) is 3.10. The van der Waals surface area contributed by atoms with Crippen LogP contribution < -0.4 is 16.0 Å². The van der Waals surface area contributed by atoms with E-state index in [-0.39, 0.29) is 11.8 Å². The number of rotatable bonds is 3. The third-order valence-corrected chi connectivity index (χ3v) is 1.94. The van der Waals surface area contributed by atoms with Crippen molar-refractivity contribution in [3.63, 3.8) is 0 Å². The summed E-state index contributed by atoms with van der Waals surface area (Å²) in [6.07, 6.45) is 2.45. The van der Waals surface area contributed by atoms with E-state index in [1.54, 1.807) is 12.1 Å². The van der Waals surface area contributed by atoms with Gasteiger partial charge in [0.15, 0.2) is 0 Å². The van der Waals surface area contributed by atoms with Gasteiger partial charge in [-0.15, -0.1) is 0 Å². The molecule has 17 heavy (non-hydrogen) atoms. The lowest BCUT2D eigenvalue weighted by atomic mass is 10.4. The van der Waals surface area contributed by atoms with Crippen LogP contribution >= 0.6 is 0 Å². The number of nitrogens with two attached hydrogens (primary N) is 1. The molecule has 0 amide bonds. The van der Waals surface area contributed by atoms with Crippen molar-refractivity contribution in [1.82, 2.24) is 15.0 Å². The fraction of sp³-hybridized carbons (Fsp3) is 0.100. The number of ether oxygens (including phenoxy) is 1. The lowest BCUT2D eigenvalue weighted by Gasteiger charge is -2.06. The van der Waals surface area contributed by atoms with Gasteiger partial charge in [-0.1, -0.05) is 0 Å². The van der Waals surface area contributed by atoms with Crippen LogP contribution in [0.15, 0.2) is 24.5 Å². The van der Waals surface area contributed by atoms with Crippen LogP contribution in [-0.4, -0.2) is 15.0 Å². The van der Waals surface area contributed by atoms with Crippen molar-refractivity contribution in [3.05, 3.63) is 36.0 Å². The number of nitrogens with zero attached hydrogens (tertiary/aromatic N) is 3. The van der Waals surface area contributed by atoms with Crippen LogP contribution in [0.1, 0.15) is 5.69 Å². The molecule has 6 nitrogen and oxygen atoms in total. The number of aromatic nitrogens is 3. The largest absolute Gasteiger partial charge is 0.435 e. The molecule has 0 aliphatic carbocycles. The van der Waals surface area contributed by atoms with E-state index in [9.17, 15) is 4.39 Å². The maximum atomic E-state index is 13.3. The molecule has 0 saturated carbocycles. The molecule has 3 N–H and O–H groups in total. The first-order valence-electron chi connectivity index (χ1n) is 4.78. The number of halogens is 1. The Morgan fingerprint density at radius 2 is 2.12 bits per heavy atom. The molecule has 2 heterocycles. The molecule has 0 fully saturated rings. The van der Waals surface area contributed by atoms with E-state index in [4.69, 9.17) is 10.6 Å². The minimum atomic E-state index is -0.676. The highest BCUT2D eigenvalue weighted by atomic mass is 19.1. The van der Waals surface area contributed by atoms with Gasteiger partial charge in [-0.05, 0) is 19.1 Å². The number of nitrogen functional groups attached to an aromatic ring is 1. The van der Waals surface area contributed by atoms with E-state index >= 15 is 0 Å². The average molecular weight is 235 g/mol. The number of hydrogen-bond acceptors (Lipinski definition) is 6. The second-order valence-corrected chi connectivity index (χ2v) is 3.23. The molecule has 2 aromatic heterocycles. The van der Waals surface area contributed by atoms with Crippen LogP contribution in [-0.2, 0) is 0 Å². The zero-order chi connectivity index (χ0) is 12.3. The van der Waals surface area contributed by atoms with Gasteiger partial charge in [0.2, 0.25) is 11.8 Å². The zero-order valence-electron chi connectivity index (χ0n) is 9.01. The molecule has 0 aromatic carbocycles. The molecule has 88 valence electrons. The van der Waals surface area contributed by atoms with Crippen LogP contribution in [0.25, 0.3) is 0 Å². The number of aryl methyl sites for hydroxylation is 1. The number of pyridine rings is 1. The first kappa shape index (κ1) is 11.2. The average Bonchev–Trinajstić information content (AvgIpc) is 2.35. The summed E-state index contributed by atoms with van der Waals surface area (Å²) in [4.78, 5) is 11.3. The Labute approximate surface area is 96.7 Å². The first-order valence-corrected chi connectivity index (χ1v) is 4.78. The minimum Gasteiger partial charge on any atom is -0.435 e. The van der Waals surface area contributed by atoms with E-state index in [1.165, 1.54) is 6.20 Å². The monoisotopic (exact) mass is 235 g/mol. The second kappa shape index (κ2) is 4.71. The third kappa shape index (κ3) is 2.64. The summed E-state index contributed by atoms with van der Waals surface area (Å²) in [6, 6.07) is 3.41. The highest BCUT2D eigenvalue weighted by molar-refractivity contribution is 5.30. The van der Waals surface area contributed by atoms with Gasteiger partial charge < -0.3 is 4.74 Å². The molecule has 0 saturated heterocycles. The van der Waals surface area contributed by atoms with Crippen LogP contribution in [0.3, 0.4) is 0 Å². The molecule has 0 bridgehead atoms. The molecule has 0 spiro atoms. The van der Waals surface area contributed by atoms with Crippen LogP contribution in [0, 0.1) is 12.7 Å². The van der Waals surface area contributed by atoms with Gasteiger partial charge in [0.05, 0.1) is 12.4 Å². The summed E-state index contributed by atoms with van der Waals surface area (Å²) in [6.45, 7) is 1.84. The smallest absolute Gasteiger partial charge is 0.260 e. The van der Waals surface area contributed by atoms with Gasteiger partial charge in [-0.2, -0.15) is 9.37 Å². The predicted molar refractivity (Wildman–Crippen MR) is 58.8 cm³/mol. The number of hydrazine groups is 1. The maximum Gasteiger partial charge on any atom is 0.260 e. The van der Waals surface area contributed by atoms with Crippen molar-refractivity contribution >= 4 is 5.95 Å². The fourth-order valence-electron chi connectivity index (χ4n) is 1.12. The van der Waals surface area contributed by atoms with Crippen LogP contribution in [0.5, 0.6) is 11.6 Å². The van der Waals surface area contributed by atoms with E-state index in [0.29, 0.717) is 5.75 Å². The third-order valence-electron chi connectivity index (χ3n) is 1.94. The SMILES string of the molecule is Cc1ccc(Oc2nc(NN)ncc2F)cn1. The molecule has 2 aromatic rings. The standard InChI is InChI=1S/C10H10FN5O/c1-6-2-3-7(4-13-6)17-9-8(11)5-14-10(15-9)16-12/h2-5H,12H2,1H3,(H,14,15,16). The molecule has 0 unspecified atom stereocenters. The van der Waals surface area contributed by atoms with E-state index in [0.717, 1.165) is 11.9 Å². The normalized spacial score (nSPS) is 10.1. The summed E-state index contributed by atoms with van der Waals surface area (Å²) in [5, 5.41) is 0.